The van der Waals surface area contributed by atoms with Gasteiger partial charge in [-0.15, -0.1) is 0 Å². The monoisotopic (exact) mass is 252 g/mol. The highest BCUT2D eigenvalue weighted by Crippen LogP contribution is 2.30. The molecule has 0 saturated heterocycles. The number of hydrogen-bond acceptors (Lipinski definition) is 4. The molecule has 0 aliphatic heterocycles. The summed E-state index contributed by atoms with van der Waals surface area (Å²) in [6.45, 7) is 2.68. The van der Waals surface area contributed by atoms with Gasteiger partial charge in [-0.1, -0.05) is 0 Å². The molecule has 2 rings (SSSR count). The van der Waals surface area contributed by atoms with Crippen LogP contribution in [0.5, 0.6) is 11.5 Å². The largest absolute Gasteiger partial charge is 0.497 e. The molecule has 1 aliphatic carbocycles. The van der Waals surface area contributed by atoms with Crippen LogP contribution in [0.25, 0.3) is 0 Å². The smallest absolute Gasteiger partial charge is 0.189 e. The summed E-state index contributed by atoms with van der Waals surface area (Å²) in [7, 11) is 1.60. The SMILES string of the molecule is COc1ccc(C(C)O)c(OCOCC2CC2)c1. The van der Waals surface area contributed by atoms with Gasteiger partial charge in [0, 0.05) is 11.6 Å². The van der Waals surface area contributed by atoms with Crippen molar-refractivity contribution >= 4 is 0 Å². The molecule has 1 N–H and O–H groups in total. The minimum Gasteiger partial charge on any atom is -0.497 e. The first-order chi connectivity index (χ1) is 8.70. The lowest BCUT2D eigenvalue weighted by molar-refractivity contribution is 0.00821. The summed E-state index contributed by atoms with van der Waals surface area (Å²) in [5.41, 5.74) is 0.742. The Morgan fingerprint density at radius 3 is 2.78 bits per heavy atom. The zero-order chi connectivity index (χ0) is 13.0. The number of methoxy groups -OCH3 is 1. The van der Waals surface area contributed by atoms with E-state index in [9.17, 15) is 5.11 Å². The summed E-state index contributed by atoms with van der Waals surface area (Å²) in [5, 5.41) is 9.66. The topological polar surface area (TPSA) is 47.9 Å². The van der Waals surface area contributed by atoms with E-state index in [2.05, 4.69) is 0 Å². The van der Waals surface area contributed by atoms with E-state index in [1.807, 2.05) is 0 Å². The first kappa shape index (κ1) is 13.2. The molecule has 0 bridgehead atoms. The molecule has 1 aliphatic rings. The number of hydrogen-bond donors (Lipinski definition) is 1. The van der Waals surface area contributed by atoms with Crippen molar-refractivity contribution in [2.45, 2.75) is 25.9 Å². The number of ether oxygens (including phenoxy) is 3. The van der Waals surface area contributed by atoms with E-state index in [0.29, 0.717) is 11.5 Å². The summed E-state index contributed by atoms with van der Waals surface area (Å²) in [5.74, 6) is 2.03. The lowest BCUT2D eigenvalue weighted by Crippen LogP contribution is -2.07. The van der Waals surface area contributed by atoms with E-state index < -0.39 is 6.10 Å². The molecule has 0 spiro atoms. The molecule has 0 amide bonds. The van der Waals surface area contributed by atoms with Crippen molar-refractivity contribution in [3.05, 3.63) is 23.8 Å². The molecule has 1 aromatic carbocycles. The Kier molecular flexibility index (Phi) is 4.44. The summed E-state index contributed by atoms with van der Waals surface area (Å²) in [6, 6.07) is 5.38. The number of aliphatic hydroxyl groups is 1. The molecule has 0 radical (unpaired) electrons. The van der Waals surface area contributed by atoms with Gasteiger partial charge in [0.1, 0.15) is 11.5 Å². The average molecular weight is 252 g/mol. The van der Waals surface area contributed by atoms with Crippen molar-refractivity contribution in [2.24, 2.45) is 5.92 Å². The van der Waals surface area contributed by atoms with E-state index >= 15 is 0 Å². The Morgan fingerprint density at radius 2 is 2.17 bits per heavy atom. The number of aliphatic hydroxyl groups excluding tert-OH is 1. The van der Waals surface area contributed by atoms with E-state index in [1.54, 1.807) is 32.2 Å². The van der Waals surface area contributed by atoms with Gasteiger partial charge in [-0.3, -0.25) is 0 Å². The first-order valence-electron chi connectivity index (χ1n) is 6.27. The molecule has 1 fully saturated rings. The van der Waals surface area contributed by atoms with Crippen molar-refractivity contribution in [1.29, 1.82) is 0 Å². The molecule has 1 aromatic rings. The predicted octanol–water partition coefficient (Wildman–Crippen LogP) is 2.51. The van der Waals surface area contributed by atoms with Crippen LogP contribution in [0, 0.1) is 5.92 Å². The number of benzene rings is 1. The van der Waals surface area contributed by atoms with E-state index in [0.717, 1.165) is 18.1 Å². The van der Waals surface area contributed by atoms with Crippen LogP contribution in [-0.4, -0.2) is 25.6 Å². The number of rotatable bonds is 7. The highest BCUT2D eigenvalue weighted by molar-refractivity contribution is 5.41. The quantitative estimate of drug-likeness (QED) is 0.598. The average Bonchev–Trinajstić information content (AvgIpc) is 3.18. The van der Waals surface area contributed by atoms with Crippen LogP contribution < -0.4 is 9.47 Å². The second-order valence-corrected chi connectivity index (χ2v) is 4.66. The van der Waals surface area contributed by atoms with Crippen LogP contribution >= 0.6 is 0 Å². The maximum absolute atomic E-state index is 9.66. The van der Waals surface area contributed by atoms with Crippen molar-refractivity contribution in [3.8, 4) is 11.5 Å². The predicted molar refractivity (Wildman–Crippen MR) is 67.8 cm³/mol. The minimum atomic E-state index is -0.575. The molecule has 100 valence electrons. The summed E-state index contributed by atoms with van der Waals surface area (Å²) < 4.78 is 16.1. The fraction of sp³-hybridized carbons (Fsp3) is 0.571. The minimum absolute atomic E-state index is 0.212. The van der Waals surface area contributed by atoms with Crippen LogP contribution in [0.4, 0.5) is 0 Å². The first-order valence-corrected chi connectivity index (χ1v) is 6.27. The van der Waals surface area contributed by atoms with Crippen molar-refractivity contribution in [3.63, 3.8) is 0 Å². The van der Waals surface area contributed by atoms with Crippen LogP contribution in [0.2, 0.25) is 0 Å². The maximum Gasteiger partial charge on any atom is 0.189 e. The van der Waals surface area contributed by atoms with E-state index in [-0.39, 0.29) is 6.79 Å². The van der Waals surface area contributed by atoms with Gasteiger partial charge in [0.2, 0.25) is 0 Å². The molecule has 1 unspecified atom stereocenters. The third-order valence-electron chi connectivity index (χ3n) is 3.02. The van der Waals surface area contributed by atoms with Gasteiger partial charge in [0.25, 0.3) is 0 Å². The molecule has 4 heteroatoms. The summed E-state index contributed by atoms with van der Waals surface area (Å²) in [6.07, 6.45) is 1.95. The third kappa shape index (κ3) is 3.62. The summed E-state index contributed by atoms with van der Waals surface area (Å²) >= 11 is 0. The summed E-state index contributed by atoms with van der Waals surface area (Å²) in [4.78, 5) is 0. The van der Waals surface area contributed by atoms with Crippen LogP contribution in [-0.2, 0) is 4.74 Å². The zero-order valence-corrected chi connectivity index (χ0v) is 10.9. The van der Waals surface area contributed by atoms with Gasteiger partial charge in [-0.05, 0) is 37.8 Å². The second kappa shape index (κ2) is 6.07. The van der Waals surface area contributed by atoms with Crippen LogP contribution in [0.1, 0.15) is 31.4 Å². The van der Waals surface area contributed by atoms with Gasteiger partial charge >= 0.3 is 0 Å². The molecule has 18 heavy (non-hydrogen) atoms. The van der Waals surface area contributed by atoms with E-state index in [4.69, 9.17) is 14.2 Å². The molecule has 4 nitrogen and oxygen atoms in total. The Hall–Kier alpha value is -1.26. The molecular formula is C14H20O4. The lowest BCUT2D eigenvalue weighted by Gasteiger charge is -2.14. The zero-order valence-electron chi connectivity index (χ0n) is 10.9. The normalized spacial score (nSPS) is 16.4. The second-order valence-electron chi connectivity index (χ2n) is 4.66. The van der Waals surface area contributed by atoms with Gasteiger partial charge in [0.15, 0.2) is 6.79 Å². The molecule has 1 atom stereocenters. The molecular weight excluding hydrogens is 232 g/mol. The standard InChI is InChI=1S/C14H20O4/c1-10(15)13-6-5-12(16-2)7-14(13)18-9-17-8-11-3-4-11/h5-7,10-11,15H,3-4,8-9H2,1-2H3. The van der Waals surface area contributed by atoms with Crippen LogP contribution in [0.15, 0.2) is 18.2 Å². The van der Waals surface area contributed by atoms with Crippen LogP contribution in [0.3, 0.4) is 0 Å². The Balaban J connectivity index is 1.93. The third-order valence-corrected chi connectivity index (χ3v) is 3.02. The highest BCUT2D eigenvalue weighted by Gasteiger charge is 2.21. The van der Waals surface area contributed by atoms with Gasteiger partial charge in [-0.25, -0.2) is 0 Å². The fourth-order valence-electron chi connectivity index (χ4n) is 1.72. The Bertz CT molecular complexity index is 385. The van der Waals surface area contributed by atoms with Crippen molar-refractivity contribution < 1.29 is 19.3 Å². The Labute approximate surface area is 107 Å². The van der Waals surface area contributed by atoms with Gasteiger partial charge < -0.3 is 19.3 Å². The molecule has 0 heterocycles. The maximum atomic E-state index is 9.66. The van der Waals surface area contributed by atoms with Gasteiger partial charge in [0.05, 0.1) is 19.8 Å². The fourth-order valence-corrected chi connectivity index (χ4v) is 1.72. The molecule has 1 saturated carbocycles. The van der Waals surface area contributed by atoms with E-state index in [1.165, 1.54) is 12.8 Å². The molecule has 0 aromatic heterocycles. The Morgan fingerprint density at radius 1 is 1.39 bits per heavy atom. The lowest BCUT2D eigenvalue weighted by atomic mass is 10.1. The van der Waals surface area contributed by atoms with Crippen molar-refractivity contribution in [2.75, 3.05) is 20.5 Å². The van der Waals surface area contributed by atoms with Crippen molar-refractivity contribution in [1.82, 2.24) is 0 Å². The van der Waals surface area contributed by atoms with Gasteiger partial charge in [-0.2, -0.15) is 0 Å². The highest BCUT2D eigenvalue weighted by atomic mass is 16.7.